The van der Waals surface area contributed by atoms with E-state index < -0.39 is 0 Å². The molecule has 0 saturated carbocycles. The molecule has 2 aromatic rings. The summed E-state index contributed by atoms with van der Waals surface area (Å²) < 4.78 is 18.7. The highest BCUT2D eigenvalue weighted by Gasteiger charge is 2.10. The quantitative estimate of drug-likeness (QED) is 0.851. The summed E-state index contributed by atoms with van der Waals surface area (Å²) in [5.41, 5.74) is 0.709. The second-order valence-corrected chi connectivity index (χ2v) is 5.48. The first-order valence-electron chi connectivity index (χ1n) is 6.46. The van der Waals surface area contributed by atoms with E-state index in [1.54, 1.807) is 23.9 Å². The van der Waals surface area contributed by atoms with Crippen LogP contribution >= 0.6 is 11.8 Å². The maximum atomic E-state index is 13.5. The van der Waals surface area contributed by atoms with Crippen molar-refractivity contribution in [1.29, 1.82) is 0 Å². The van der Waals surface area contributed by atoms with Crippen LogP contribution in [0.25, 0.3) is 0 Å². The van der Waals surface area contributed by atoms with E-state index in [-0.39, 0.29) is 11.9 Å². The molecule has 1 N–H and O–H groups in total. The second kappa shape index (κ2) is 7.40. The number of nitrogens with one attached hydrogen (secondary N) is 1. The fourth-order valence-electron chi connectivity index (χ4n) is 1.88. The molecule has 2 rings (SSSR count). The number of rotatable bonds is 7. The third kappa shape index (κ3) is 4.31. The SMILES string of the molecule is CSCc1noc(CNC(C)Cc2ccccc2F)n1. The summed E-state index contributed by atoms with van der Waals surface area (Å²) in [5, 5.41) is 7.14. The first-order chi connectivity index (χ1) is 9.69. The normalized spacial score (nSPS) is 12.6. The predicted molar refractivity (Wildman–Crippen MR) is 77.9 cm³/mol. The van der Waals surface area contributed by atoms with Gasteiger partial charge in [0, 0.05) is 6.04 Å². The van der Waals surface area contributed by atoms with Crippen molar-refractivity contribution in [3.8, 4) is 0 Å². The standard InChI is InChI=1S/C14H18FN3OS/c1-10(7-11-5-3-4-6-12(11)15)16-8-14-17-13(9-20-2)18-19-14/h3-6,10,16H,7-9H2,1-2H3. The van der Waals surface area contributed by atoms with Crippen LogP contribution in [0.4, 0.5) is 4.39 Å². The Labute approximate surface area is 122 Å². The van der Waals surface area contributed by atoms with Crippen LogP contribution in [0.3, 0.4) is 0 Å². The smallest absolute Gasteiger partial charge is 0.240 e. The van der Waals surface area contributed by atoms with E-state index in [1.807, 2.05) is 19.2 Å². The van der Waals surface area contributed by atoms with Crippen molar-refractivity contribution >= 4 is 11.8 Å². The largest absolute Gasteiger partial charge is 0.338 e. The van der Waals surface area contributed by atoms with Crippen molar-refractivity contribution in [3.05, 3.63) is 47.4 Å². The third-order valence-corrected chi connectivity index (χ3v) is 3.42. The van der Waals surface area contributed by atoms with Gasteiger partial charge in [0.2, 0.25) is 5.89 Å². The molecule has 0 aliphatic rings. The molecule has 0 fully saturated rings. The highest BCUT2D eigenvalue weighted by atomic mass is 32.2. The Morgan fingerprint density at radius 3 is 2.95 bits per heavy atom. The van der Waals surface area contributed by atoms with Gasteiger partial charge < -0.3 is 9.84 Å². The number of benzene rings is 1. The number of nitrogens with zero attached hydrogens (tertiary/aromatic N) is 2. The zero-order valence-corrected chi connectivity index (χ0v) is 12.4. The summed E-state index contributed by atoms with van der Waals surface area (Å²) in [6.45, 7) is 2.50. The van der Waals surface area contributed by atoms with Crippen molar-refractivity contribution < 1.29 is 8.91 Å². The molecule has 1 atom stereocenters. The molecule has 1 unspecified atom stereocenters. The van der Waals surface area contributed by atoms with Gasteiger partial charge in [-0.2, -0.15) is 16.7 Å². The summed E-state index contributed by atoms with van der Waals surface area (Å²) in [7, 11) is 0. The lowest BCUT2D eigenvalue weighted by Gasteiger charge is -2.12. The molecule has 0 aliphatic heterocycles. The van der Waals surface area contributed by atoms with Gasteiger partial charge in [0.25, 0.3) is 0 Å². The summed E-state index contributed by atoms with van der Waals surface area (Å²) in [5.74, 6) is 1.85. The number of aromatic nitrogens is 2. The molecule has 0 aliphatic carbocycles. The molecule has 20 heavy (non-hydrogen) atoms. The highest BCUT2D eigenvalue weighted by Crippen LogP contribution is 2.10. The minimum atomic E-state index is -0.166. The van der Waals surface area contributed by atoms with Gasteiger partial charge in [0.05, 0.1) is 12.3 Å². The minimum Gasteiger partial charge on any atom is -0.338 e. The zero-order valence-electron chi connectivity index (χ0n) is 11.6. The minimum absolute atomic E-state index is 0.128. The lowest BCUT2D eigenvalue weighted by Crippen LogP contribution is -2.28. The summed E-state index contributed by atoms with van der Waals surface area (Å²) >= 11 is 1.65. The van der Waals surface area contributed by atoms with Gasteiger partial charge in [0.1, 0.15) is 5.82 Å². The number of halogens is 1. The molecule has 1 aromatic heterocycles. The Morgan fingerprint density at radius 1 is 1.40 bits per heavy atom. The molecule has 0 spiro atoms. The summed E-state index contributed by atoms with van der Waals surface area (Å²) in [4.78, 5) is 4.26. The topological polar surface area (TPSA) is 51.0 Å². The van der Waals surface area contributed by atoms with E-state index in [0.29, 0.717) is 30.2 Å². The zero-order chi connectivity index (χ0) is 14.4. The van der Waals surface area contributed by atoms with Crippen molar-refractivity contribution in [2.45, 2.75) is 31.7 Å². The molecule has 108 valence electrons. The molecule has 1 aromatic carbocycles. The summed E-state index contributed by atoms with van der Waals surface area (Å²) in [6, 6.07) is 6.95. The fourth-order valence-corrected chi connectivity index (χ4v) is 2.25. The maximum Gasteiger partial charge on any atom is 0.240 e. The van der Waals surface area contributed by atoms with Gasteiger partial charge in [-0.25, -0.2) is 4.39 Å². The molecule has 4 nitrogen and oxygen atoms in total. The van der Waals surface area contributed by atoms with Crippen LogP contribution in [0.1, 0.15) is 24.2 Å². The fraction of sp³-hybridized carbons (Fsp3) is 0.429. The third-order valence-electron chi connectivity index (χ3n) is 2.87. The van der Waals surface area contributed by atoms with E-state index in [9.17, 15) is 4.39 Å². The lowest BCUT2D eigenvalue weighted by atomic mass is 10.1. The Hall–Kier alpha value is -1.40. The van der Waals surface area contributed by atoms with Crippen LogP contribution in [0.15, 0.2) is 28.8 Å². The maximum absolute atomic E-state index is 13.5. The highest BCUT2D eigenvalue weighted by molar-refractivity contribution is 7.97. The first-order valence-corrected chi connectivity index (χ1v) is 7.85. The van der Waals surface area contributed by atoms with Crippen LogP contribution in [-0.2, 0) is 18.7 Å². The van der Waals surface area contributed by atoms with Crippen molar-refractivity contribution in [1.82, 2.24) is 15.5 Å². The molecule has 1 heterocycles. The molecule has 0 amide bonds. The van der Waals surface area contributed by atoms with E-state index >= 15 is 0 Å². The Balaban J connectivity index is 1.82. The van der Waals surface area contributed by atoms with Gasteiger partial charge in [-0.15, -0.1) is 0 Å². The number of thioether (sulfide) groups is 1. The van der Waals surface area contributed by atoms with Crippen LogP contribution in [0, 0.1) is 5.82 Å². The van der Waals surface area contributed by atoms with Gasteiger partial charge in [0.15, 0.2) is 5.82 Å². The van der Waals surface area contributed by atoms with Gasteiger partial charge in [-0.05, 0) is 31.2 Å². The lowest BCUT2D eigenvalue weighted by molar-refractivity contribution is 0.355. The van der Waals surface area contributed by atoms with Crippen LogP contribution in [0.2, 0.25) is 0 Å². The van der Waals surface area contributed by atoms with E-state index in [1.165, 1.54) is 6.07 Å². The Kier molecular flexibility index (Phi) is 5.55. The van der Waals surface area contributed by atoms with Gasteiger partial charge in [-0.1, -0.05) is 23.4 Å². The molecular formula is C14H18FN3OS. The van der Waals surface area contributed by atoms with Crippen molar-refractivity contribution in [2.75, 3.05) is 6.26 Å². The van der Waals surface area contributed by atoms with Crippen LogP contribution < -0.4 is 5.32 Å². The second-order valence-electron chi connectivity index (χ2n) is 4.61. The van der Waals surface area contributed by atoms with E-state index in [2.05, 4.69) is 15.5 Å². The van der Waals surface area contributed by atoms with Gasteiger partial charge in [-0.3, -0.25) is 0 Å². The molecular weight excluding hydrogens is 277 g/mol. The average Bonchev–Trinajstić information content (AvgIpc) is 2.87. The molecule has 0 radical (unpaired) electrons. The predicted octanol–water partition coefficient (Wildman–Crippen LogP) is 2.79. The molecule has 0 saturated heterocycles. The molecule has 6 heteroatoms. The monoisotopic (exact) mass is 295 g/mol. The van der Waals surface area contributed by atoms with Crippen LogP contribution in [-0.4, -0.2) is 22.4 Å². The van der Waals surface area contributed by atoms with E-state index in [0.717, 1.165) is 5.75 Å². The number of hydrogen-bond acceptors (Lipinski definition) is 5. The van der Waals surface area contributed by atoms with Crippen molar-refractivity contribution in [2.24, 2.45) is 0 Å². The Morgan fingerprint density at radius 2 is 2.20 bits per heavy atom. The van der Waals surface area contributed by atoms with Crippen molar-refractivity contribution in [3.63, 3.8) is 0 Å². The van der Waals surface area contributed by atoms with E-state index in [4.69, 9.17) is 4.52 Å². The van der Waals surface area contributed by atoms with Gasteiger partial charge >= 0.3 is 0 Å². The van der Waals surface area contributed by atoms with Crippen LogP contribution in [0.5, 0.6) is 0 Å². The first kappa shape index (κ1) is 15.0. The average molecular weight is 295 g/mol. The molecule has 0 bridgehead atoms. The number of hydrogen-bond donors (Lipinski definition) is 1. The Bertz CT molecular complexity index is 547. The summed E-state index contributed by atoms with van der Waals surface area (Å²) in [6.07, 6.45) is 2.61.